The van der Waals surface area contributed by atoms with Crippen molar-refractivity contribution in [3.63, 3.8) is 0 Å². The van der Waals surface area contributed by atoms with Gasteiger partial charge in [-0.3, -0.25) is 0 Å². The van der Waals surface area contributed by atoms with Crippen molar-refractivity contribution in [2.24, 2.45) is 17.8 Å². The lowest BCUT2D eigenvalue weighted by Gasteiger charge is -2.27. The van der Waals surface area contributed by atoms with E-state index in [4.69, 9.17) is 0 Å². The summed E-state index contributed by atoms with van der Waals surface area (Å²) in [5.74, 6) is 3.08. The van der Waals surface area contributed by atoms with Gasteiger partial charge in [0.05, 0.1) is 0 Å². The second kappa shape index (κ2) is 6.96. The topological polar surface area (TPSA) is 12.0 Å². The summed E-state index contributed by atoms with van der Waals surface area (Å²) in [4.78, 5) is 0. The van der Waals surface area contributed by atoms with Gasteiger partial charge in [-0.2, -0.15) is 0 Å². The van der Waals surface area contributed by atoms with Crippen LogP contribution in [0.25, 0.3) is 0 Å². The van der Waals surface area contributed by atoms with E-state index in [1.165, 1.54) is 56.1 Å². The Balaban J connectivity index is 1.65. The molecule has 0 aromatic heterocycles. The first-order valence-electron chi connectivity index (χ1n) is 9.12. The van der Waals surface area contributed by atoms with Gasteiger partial charge in [-0.05, 0) is 67.5 Å². The lowest BCUT2D eigenvalue weighted by Crippen LogP contribution is -2.25. The van der Waals surface area contributed by atoms with Crippen LogP contribution in [0.4, 0.5) is 0 Å². The monoisotopic (exact) mass is 285 g/mol. The molecule has 2 bridgehead atoms. The number of rotatable bonds is 7. The molecule has 3 rings (SSSR count). The molecule has 0 aliphatic heterocycles. The second-order valence-electron chi connectivity index (χ2n) is 7.27. The van der Waals surface area contributed by atoms with Crippen LogP contribution in [0.1, 0.15) is 69.5 Å². The Bertz CT molecular complexity index is 436. The smallest absolute Gasteiger partial charge is 0.0322 e. The molecule has 2 saturated carbocycles. The molecule has 0 saturated heterocycles. The van der Waals surface area contributed by atoms with E-state index in [0.717, 1.165) is 24.3 Å². The molecule has 0 heterocycles. The first kappa shape index (κ1) is 15.1. The standard InChI is InChI=1S/C20H31N/c1-3-5-15-6-9-17(10-7-15)20(21-4-2)14-19-13-16-8-11-18(19)12-16/h6-7,9-10,16,18-21H,3-5,8,11-14H2,1-2H3. The van der Waals surface area contributed by atoms with E-state index in [0.29, 0.717) is 6.04 Å². The van der Waals surface area contributed by atoms with Crippen molar-refractivity contribution in [1.29, 1.82) is 0 Å². The number of benzene rings is 1. The Morgan fingerprint density at radius 3 is 2.48 bits per heavy atom. The van der Waals surface area contributed by atoms with Crippen molar-refractivity contribution in [1.82, 2.24) is 5.32 Å². The number of hydrogen-bond donors (Lipinski definition) is 1. The highest BCUT2D eigenvalue weighted by Crippen LogP contribution is 2.50. The Labute approximate surface area is 130 Å². The van der Waals surface area contributed by atoms with Gasteiger partial charge in [0.15, 0.2) is 0 Å². The summed E-state index contributed by atoms with van der Waals surface area (Å²) < 4.78 is 0. The van der Waals surface area contributed by atoms with E-state index < -0.39 is 0 Å². The molecule has 1 nitrogen and oxygen atoms in total. The Hall–Kier alpha value is -0.820. The van der Waals surface area contributed by atoms with E-state index >= 15 is 0 Å². The molecule has 21 heavy (non-hydrogen) atoms. The van der Waals surface area contributed by atoms with Gasteiger partial charge >= 0.3 is 0 Å². The van der Waals surface area contributed by atoms with E-state index in [1.807, 2.05) is 0 Å². The van der Waals surface area contributed by atoms with Crippen LogP contribution in [0.5, 0.6) is 0 Å². The van der Waals surface area contributed by atoms with Gasteiger partial charge in [0.2, 0.25) is 0 Å². The van der Waals surface area contributed by atoms with Crippen molar-refractivity contribution in [3.8, 4) is 0 Å². The van der Waals surface area contributed by atoms with E-state index in [1.54, 1.807) is 0 Å². The van der Waals surface area contributed by atoms with Crippen LogP contribution in [0.2, 0.25) is 0 Å². The third-order valence-electron chi connectivity index (χ3n) is 5.79. The maximum absolute atomic E-state index is 3.74. The fraction of sp³-hybridized carbons (Fsp3) is 0.700. The Morgan fingerprint density at radius 1 is 1.10 bits per heavy atom. The zero-order chi connectivity index (χ0) is 14.7. The molecule has 2 aliphatic rings. The van der Waals surface area contributed by atoms with Crippen molar-refractivity contribution < 1.29 is 0 Å². The summed E-state index contributed by atoms with van der Waals surface area (Å²) in [5, 5.41) is 3.74. The van der Waals surface area contributed by atoms with Crippen molar-refractivity contribution in [2.75, 3.05) is 6.54 Å². The van der Waals surface area contributed by atoms with Gasteiger partial charge in [-0.1, -0.05) is 51.0 Å². The molecule has 4 unspecified atom stereocenters. The third kappa shape index (κ3) is 3.51. The molecule has 1 N–H and O–H groups in total. The predicted molar refractivity (Wildman–Crippen MR) is 90.4 cm³/mol. The maximum Gasteiger partial charge on any atom is 0.0322 e. The zero-order valence-corrected chi connectivity index (χ0v) is 13.8. The zero-order valence-electron chi connectivity index (χ0n) is 13.8. The lowest BCUT2D eigenvalue weighted by atomic mass is 9.82. The minimum Gasteiger partial charge on any atom is -0.310 e. The van der Waals surface area contributed by atoms with Crippen LogP contribution in [0.15, 0.2) is 24.3 Å². The number of nitrogens with one attached hydrogen (secondary N) is 1. The first-order chi connectivity index (χ1) is 10.3. The van der Waals surface area contributed by atoms with Gasteiger partial charge in [-0.25, -0.2) is 0 Å². The highest BCUT2D eigenvalue weighted by Gasteiger charge is 2.40. The normalized spacial score (nSPS) is 29.0. The average molecular weight is 285 g/mol. The molecular weight excluding hydrogens is 254 g/mol. The highest BCUT2D eigenvalue weighted by molar-refractivity contribution is 5.25. The van der Waals surface area contributed by atoms with Crippen LogP contribution in [0, 0.1) is 17.8 Å². The summed E-state index contributed by atoms with van der Waals surface area (Å²) in [5.41, 5.74) is 2.98. The summed E-state index contributed by atoms with van der Waals surface area (Å²) >= 11 is 0. The number of fused-ring (bicyclic) bond motifs is 2. The van der Waals surface area contributed by atoms with Gasteiger partial charge in [-0.15, -0.1) is 0 Å². The van der Waals surface area contributed by atoms with Gasteiger partial charge in [0.1, 0.15) is 0 Å². The van der Waals surface area contributed by atoms with Crippen molar-refractivity contribution in [3.05, 3.63) is 35.4 Å². The summed E-state index contributed by atoms with van der Waals surface area (Å²) in [7, 11) is 0. The lowest BCUT2D eigenvalue weighted by molar-refractivity contribution is 0.280. The first-order valence-corrected chi connectivity index (χ1v) is 9.12. The molecule has 0 radical (unpaired) electrons. The molecule has 0 spiro atoms. The van der Waals surface area contributed by atoms with Crippen LogP contribution < -0.4 is 5.32 Å². The van der Waals surface area contributed by atoms with Crippen molar-refractivity contribution in [2.45, 2.75) is 64.8 Å². The Kier molecular flexibility index (Phi) is 5.00. The molecule has 1 heteroatoms. The second-order valence-corrected chi connectivity index (χ2v) is 7.27. The molecule has 1 aromatic rings. The number of aryl methyl sites for hydroxylation is 1. The van der Waals surface area contributed by atoms with E-state index in [9.17, 15) is 0 Å². The largest absolute Gasteiger partial charge is 0.310 e. The van der Waals surface area contributed by atoms with Crippen LogP contribution in [-0.4, -0.2) is 6.54 Å². The SMILES string of the molecule is CCCc1ccc(C(CC2CC3CCC2C3)NCC)cc1. The third-order valence-corrected chi connectivity index (χ3v) is 5.79. The molecule has 116 valence electrons. The van der Waals surface area contributed by atoms with Crippen LogP contribution >= 0.6 is 0 Å². The van der Waals surface area contributed by atoms with Gasteiger partial charge < -0.3 is 5.32 Å². The molecular formula is C20H31N. The van der Waals surface area contributed by atoms with E-state index in [2.05, 4.69) is 43.4 Å². The molecule has 2 fully saturated rings. The van der Waals surface area contributed by atoms with Crippen LogP contribution in [0.3, 0.4) is 0 Å². The predicted octanol–water partition coefficient (Wildman–Crippen LogP) is 5.12. The summed E-state index contributed by atoms with van der Waals surface area (Å²) in [6, 6.07) is 9.97. The fourth-order valence-electron chi connectivity index (χ4n) is 4.76. The summed E-state index contributed by atoms with van der Waals surface area (Å²) in [6.07, 6.45) is 9.84. The molecule has 4 atom stereocenters. The molecule has 0 amide bonds. The average Bonchev–Trinajstić information content (AvgIpc) is 3.11. The van der Waals surface area contributed by atoms with Crippen molar-refractivity contribution >= 4 is 0 Å². The van der Waals surface area contributed by atoms with Gasteiger partial charge in [0.25, 0.3) is 0 Å². The molecule has 2 aliphatic carbocycles. The van der Waals surface area contributed by atoms with Gasteiger partial charge in [0, 0.05) is 6.04 Å². The minimum atomic E-state index is 0.565. The summed E-state index contributed by atoms with van der Waals surface area (Å²) in [6.45, 7) is 5.56. The minimum absolute atomic E-state index is 0.565. The van der Waals surface area contributed by atoms with Crippen LogP contribution in [-0.2, 0) is 6.42 Å². The van der Waals surface area contributed by atoms with E-state index in [-0.39, 0.29) is 0 Å². The Morgan fingerprint density at radius 2 is 1.90 bits per heavy atom. The molecule has 1 aromatic carbocycles. The highest BCUT2D eigenvalue weighted by atomic mass is 14.9. The quantitative estimate of drug-likeness (QED) is 0.733. The fourth-order valence-corrected chi connectivity index (χ4v) is 4.76. The maximum atomic E-state index is 3.74. The number of hydrogen-bond acceptors (Lipinski definition) is 1.